The average Bonchev–Trinajstić information content (AvgIpc) is 2.93. The Kier molecular flexibility index (Phi) is 5.39. The molecule has 2 aromatic rings. The largest absolute Gasteiger partial charge is 0.497 e. The number of hydrogen-bond donors (Lipinski definition) is 0. The van der Waals surface area contributed by atoms with Crippen LogP contribution in [0, 0.1) is 0 Å². The van der Waals surface area contributed by atoms with E-state index in [-0.39, 0.29) is 12.1 Å². The van der Waals surface area contributed by atoms with Gasteiger partial charge < -0.3 is 14.2 Å². The molecule has 4 nitrogen and oxygen atoms in total. The SMILES string of the molecule is COc1ccc(CO[C@@H]2CC(=O)O[C@]2(C)CCc2ccccc2)cc1. The fraction of sp³-hybridized carbons (Fsp3) is 0.381. The highest BCUT2D eigenvalue weighted by Gasteiger charge is 2.46. The van der Waals surface area contributed by atoms with E-state index in [1.807, 2.05) is 49.4 Å². The number of cyclic esters (lactones) is 1. The maximum Gasteiger partial charge on any atom is 0.309 e. The maximum absolute atomic E-state index is 11.9. The van der Waals surface area contributed by atoms with Crippen LogP contribution in [-0.2, 0) is 27.3 Å². The number of aryl methyl sites for hydroxylation is 1. The minimum Gasteiger partial charge on any atom is -0.497 e. The number of benzene rings is 2. The Morgan fingerprint density at radius 3 is 2.48 bits per heavy atom. The number of carbonyl (C=O) groups excluding carboxylic acids is 1. The molecule has 3 rings (SSSR count). The van der Waals surface area contributed by atoms with E-state index >= 15 is 0 Å². The third-order valence-corrected chi connectivity index (χ3v) is 4.74. The predicted molar refractivity (Wildman–Crippen MR) is 95.4 cm³/mol. The Labute approximate surface area is 148 Å². The van der Waals surface area contributed by atoms with Crippen molar-refractivity contribution in [2.45, 2.75) is 44.5 Å². The van der Waals surface area contributed by atoms with Gasteiger partial charge in [0.25, 0.3) is 0 Å². The number of carbonyl (C=O) groups is 1. The average molecular weight is 340 g/mol. The molecule has 1 aliphatic rings. The monoisotopic (exact) mass is 340 g/mol. The van der Waals surface area contributed by atoms with Crippen LogP contribution >= 0.6 is 0 Å². The third kappa shape index (κ3) is 4.40. The first-order chi connectivity index (χ1) is 12.1. The molecular formula is C21H24O4. The number of ether oxygens (including phenoxy) is 3. The van der Waals surface area contributed by atoms with E-state index in [0.717, 1.165) is 24.2 Å². The molecule has 25 heavy (non-hydrogen) atoms. The maximum atomic E-state index is 11.9. The van der Waals surface area contributed by atoms with Crippen LogP contribution in [0.2, 0.25) is 0 Å². The molecule has 0 saturated carbocycles. The molecule has 2 aromatic carbocycles. The van der Waals surface area contributed by atoms with Crippen LogP contribution in [0.5, 0.6) is 5.75 Å². The first-order valence-corrected chi connectivity index (χ1v) is 8.59. The first kappa shape index (κ1) is 17.5. The van der Waals surface area contributed by atoms with Gasteiger partial charge in [-0.3, -0.25) is 4.79 Å². The second-order valence-corrected chi connectivity index (χ2v) is 6.62. The Balaban J connectivity index is 1.60. The van der Waals surface area contributed by atoms with Crippen molar-refractivity contribution in [3.8, 4) is 5.75 Å². The van der Waals surface area contributed by atoms with Crippen LogP contribution in [0.25, 0.3) is 0 Å². The first-order valence-electron chi connectivity index (χ1n) is 8.59. The quantitative estimate of drug-likeness (QED) is 0.717. The van der Waals surface area contributed by atoms with E-state index in [0.29, 0.717) is 13.0 Å². The molecular weight excluding hydrogens is 316 g/mol. The molecule has 0 amide bonds. The lowest BCUT2D eigenvalue weighted by atomic mass is 9.91. The summed E-state index contributed by atoms with van der Waals surface area (Å²) >= 11 is 0. The molecule has 0 radical (unpaired) electrons. The van der Waals surface area contributed by atoms with Crippen LogP contribution in [-0.4, -0.2) is 24.8 Å². The van der Waals surface area contributed by atoms with Gasteiger partial charge >= 0.3 is 5.97 Å². The molecule has 0 bridgehead atoms. The molecule has 2 atom stereocenters. The van der Waals surface area contributed by atoms with E-state index < -0.39 is 5.60 Å². The van der Waals surface area contributed by atoms with Gasteiger partial charge in [-0.2, -0.15) is 0 Å². The van der Waals surface area contributed by atoms with E-state index in [1.54, 1.807) is 7.11 Å². The molecule has 1 aliphatic heterocycles. The number of rotatable bonds is 7. The lowest BCUT2D eigenvalue weighted by Crippen LogP contribution is -2.38. The van der Waals surface area contributed by atoms with Crippen molar-refractivity contribution in [3.63, 3.8) is 0 Å². The second-order valence-electron chi connectivity index (χ2n) is 6.62. The summed E-state index contributed by atoms with van der Waals surface area (Å²) in [6.07, 6.45) is 1.68. The van der Waals surface area contributed by atoms with Gasteiger partial charge in [0.1, 0.15) is 17.5 Å². The Morgan fingerprint density at radius 2 is 1.80 bits per heavy atom. The van der Waals surface area contributed by atoms with Gasteiger partial charge in [-0.05, 0) is 43.0 Å². The molecule has 0 N–H and O–H groups in total. The van der Waals surface area contributed by atoms with Gasteiger partial charge in [0.05, 0.1) is 20.1 Å². The van der Waals surface area contributed by atoms with Crippen LogP contribution < -0.4 is 4.74 Å². The molecule has 132 valence electrons. The lowest BCUT2D eigenvalue weighted by molar-refractivity contribution is -0.151. The Hall–Kier alpha value is -2.33. The Bertz CT molecular complexity index is 696. The van der Waals surface area contributed by atoms with E-state index in [9.17, 15) is 4.79 Å². The molecule has 0 aliphatic carbocycles. The van der Waals surface area contributed by atoms with Gasteiger partial charge in [0, 0.05) is 0 Å². The van der Waals surface area contributed by atoms with Crippen LogP contribution in [0.3, 0.4) is 0 Å². The minimum atomic E-state index is -0.584. The molecule has 0 spiro atoms. The number of esters is 1. The summed E-state index contributed by atoms with van der Waals surface area (Å²) in [5.41, 5.74) is 1.70. The van der Waals surface area contributed by atoms with Gasteiger partial charge in [-0.25, -0.2) is 0 Å². The zero-order valence-electron chi connectivity index (χ0n) is 14.7. The standard InChI is InChI=1S/C21H24O4/c1-21(13-12-16-6-4-3-5-7-16)19(14-20(22)25-21)24-15-17-8-10-18(23-2)11-9-17/h3-11,19H,12-15H2,1-2H3/t19-,21-/m1/s1. The van der Waals surface area contributed by atoms with Crippen LogP contribution in [0.1, 0.15) is 30.9 Å². The zero-order valence-corrected chi connectivity index (χ0v) is 14.7. The zero-order chi connectivity index (χ0) is 17.7. The van der Waals surface area contributed by atoms with Gasteiger partial charge in [-0.15, -0.1) is 0 Å². The highest BCUT2D eigenvalue weighted by Crippen LogP contribution is 2.34. The summed E-state index contributed by atoms with van der Waals surface area (Å²) in [7, 11) is 1.64. The molecule has 1 saturated heterocycles. The number of methoxy groups -OCH3 is 1. The summed E-state index contributed by atoms with van der Waals surface area (Å²) in [6.45, 7) is 2.42. The highest BCUT2D eigenvalue weighted by molar-refractivity contribution is 5.73. The number of hydrogen-bond acceptors (Lipinski definition) is 4. The van der Waals surface area contributed by atoms with E-state index in [4.69, 9.17) is 14.2 Å². The van der Waals surface area contributed by atoms with Crippen molar-refractivity contribution in [2.75, 3.05) is 7.11 Å². The summed E-state index contributed by atoms with van der Waals surface area (Å²) in [4.78, 5) is 11.9. The normalized spacial score (nSPS) is 22.6. The van der Waals surface area contributed by atoms with Gasteiger partial charge in [0.15, 0.2) is 0 Å². The highest BCUT2D eigenvalue weighted by atomic mass is 16.6. The van der Waals surface area contributed by atoms with Crippen LogP contribution in [0.4, 0.5) is 0 Å². The Morgan fingerprint density at radius 1 is 1.08 bits per heavy atom. The second kappa shape index (κ2) is 7.70. The molecule has 0 unspecified atom stereocenters. The molecule has 0 aromatic heterocycles. The van der Waals surface area contributed by atoms with Crippen molar-refractivity contribution in [3.05, 3.63) is 65.7 Å². The molecule has 1 heterocycles. The summed E-state index contributed by atoms with van der Waals surface area (Å²) in [5, 5.41) is 0. The van der Waals surface area contributed by atoms with Crippen molar-refractivity contribution >= 4 is 5.97 Å². The van der Waals surface area contributed by atoms with Crippen LogP contribution in [0.15, 0.2) is 54.6 Å². The van der Waals surface area contributed by atoms with Crippen molar-refractivity contribution < 1.29 is 19.0 Å². The minimum absolute atomic E-state index is 0.185. The summed E-state index contributed by atoms with van der Waals surface area (Å²) < 4.78 is 16.8. The fourth-order valence-corrected chi connectivity index (χ4v) is 3.14. The van der Waals surface area contributed by atoms with Crippen molar-refractivity contribution in [2.24, 2.45) is 0 Å². The summed E-state index contributed by atoms with van der Waals surface area (Å²) in [5.74, 6) is 0.631. The van der Waals surface area contributed by atoms with Gasteiger partial charge in [0.2, 0.25) is 0 Å². The molecule has 4 heteroatoms. The predicted octanol–water partition coefficient (Wildman–Crippen LogP) is 3.92. The summed E-state index contributed by atoms with van der Waals surface area (Å²) in [6, 6.07) is 18.0. The van der Waals surface area contributed by atoms with Gasteiger partial charge in [-0.1, -0.05) is 42.5 Å². The lowest BCUT2D eigenvalue weighted by Gasteiger charge is -2.29. The topological polar surface area (TPSA) is 44.8 Å². The van der Waals surface area contributed by atoms with E-state index in [2.05, 4.69) is 12.1 Å². The van der Waals surface area contributed by atoms with Crippen molar-refractivity contribution in [1.29, 1.82) is 0 Å². The van der Waals surface area contributed by atoms with Crippen molar-refractivity contribution in [1.82, 2.24) is 0 Å². The van der Waals surface area contributed by atoms with E-state index in [1.165, 1.54) is 5.56 Å². The third-order valence-electron chi connectivity index (χ3n) is 4.74. The molecule has 1 fully saturated rings. The fourth-order valence-electron chi connectivity index (χ4n) is 3.14. The smallest absolute Gasteiger partial charge is 0.309 e.